The lowest BCUT2D eigenvalue weighted by Crippen LogP contribution is -2.41. The number of pyridine rings is 1. The minimum atomic E-state index is -0.179. The molecule has 0 aliphatic rings. The molecule has 0 aromatic carbocycles. The van der Waals surface area contributed by atoms with Gasteiger partial charge in [-0.15, -0.1) is 0 Å². The van der Waals surface area contributed by atoms with Crippen molar-refractivity contribution in [2.75, 3.05) is 13.7 Å². The number of nitrogens with zero attached hydrogens (tertiary/aromatic N) is 1. The molecular formula is C12H17BrN2O2. The third-order valence-electron chi connectivity index (χ3n) is 2.42. The van der Waals surface area contributed by atoms with Crippen molar-refractivity contribution in [3.63, 3.8) is 0 Å². The lowest BCUT2D eigenvalue weighted by Gasteiger charge is -2.21. The van der Waals surface area contributed by atoms with Crippen LogP contribution in [0.3, 0.4) is 0 Å². The van der Waals surface area contributed by atoms with Gasteiger partial charge in [-0.3, -0.25) is 4.79 Å². The molecule has 0 aliphatic carbocycles. The quantitative estimate of drug-likeness (QED) is 0.849. The minimum Gasteiger partial charge on any atom is -0.383 e. The maximum Gasteiger partial charge on any atom is 0.270 e. The fraction of sp³-hybridized carbons (Fsp3) is 0.500. The minimum absolute atomic E-state index is 0.00622. The molecule has 1 unspecified atom stereocenters. The van der Waals surface area contributed by atoms with Crippen LogP contribution in [0, 0.1) is 5.92 Å². The van der Waals surface area contributed by atoms with Crippen LogP contribution < -0.4 is 5.32 Å². The van der Waals surface area contributed by atoms with E-state index in [9.17, 15) is 4.79 Å². The summed E-state index contributed by atoms with van der Waals surface area (Å²) in [6, 6.07) is 5.25. The molecule has 0 saturated carbocycles. The molecule has 0 radical (unpaired) electrons. The summed E-state index contributed by atoms with van der Waals surface area (Å²) in [6.45, 7) is 4.58. The van der Waals surface area contributed by atoms with Crippen molar-refractivity contribution < 1.29 is 9.53 Å². The van der Waals surface area contributed by atoms with Crippen molar-refractivity contribution >= 4 is 21.8 Å². The van der Waals surface area contributed by atoms with Crippen LogP contribution in [0.5, 0.6) is 0 Å². The van der Waals surface area contributed by atoms with Gasteiger partial charge in [0, 0.05) is 7.11 Å². The van der Waals surface area contributed by atoms with Gasteiger partial charge >= 0.3 is 0 Å². The topological polar surface area (TPSA) is 51.2 Å². The molecule has 94 valence electrons. The van der Waals surface area contributed by atoms with Crippen LogP contribution in [0.25, 0.3) is 0 Å². The maximum atomic E-state index is 11.9. The van der Waals surface area contributed by atoms with E-state index in [4.69, 9.17) is 4.74 Å². The zero-order chi connectivity index (χ0) is 12.8. The molecule has 1 heterocycles. The largest absolute Gasteiger partial charge is 0.383 e. The van der Waals surface area contributed by atoms with Gasteiger partial charge < -0.3 is 10.1 Å². The summed E-state index contributed by atoms with van der Waals surface area (Å²) in [5.41, 5.74) is 0.404. The van der Waals surface area contributed by atoms with Crippen molar-refractivity contribution in [1.29, 1.82) is 0 Å². The smallest absolute Gasteiger partial charge is 0.270 e. The van der Waals surface area contributed by atoms with Crippen molar-refractivity contribution in [3.05, 3.63) is 28.5 Å². The number of nitrogens with one attached hydrogen (secondary N) is 1. The van der Waals surface area contributed by atoms with Gasteiger partial charge in [0.25, 0.3) is 5.91 Å². The highest BCUT2D eigenvalue weighted by atomic mass is 79.9. The van der Waals surface area contributed by atoms with Gasteiger partial charge in [-0.05, 0) is 34.0 Å². The second kappa shape index (κ2) is 6.71. The number of carbonyl (C=O) groups excluding carboxylic acids is 1. The Morgan fingerprint density at radius 2 is 2.24 bits per heavy atom. The van der Waals surface area contributed by atoms with Gasteiger partial charge in [0.05, 0.1) is 12.6 Å². The summed E-state index contributed by atoms with van der Waals surface area (Å²) in [4.78, 5) is 16.0. The zero-order valence-electron chi connectivity index (χ0n) is 10.2. The molecule has 1 amide bonds. The first-order chi connectivity index (χ1) is 8.04. The Balaban J connectivity index is 2.70. The van der Waals surface area contributed by atoms with Crippen LogP contribution in [0.2, 0.25) is 0 Å². The molecule has 17 heavy (non-hydrogen) atoms. The molecule has 1 aromatic rings. The van der Waals surface area contributed by atoms with Crippen LogP contribution in [-0.2, 0) is 4.74 Å². The Kier molecular flexibility index (Phi) is 5.58. The molecule has 0 bridgehead atoms. The lowest BCUT2D eigenvalue weighted by atomic mass is 10.1. The second-order valence-electron chi connectivity index (χ2n) is 4.12. The van der Waals surface area contributed by atoms with E-state index < -0.39 is 0 Å². The monoisotopic (exact) mass is 300 g/mol. The predicted octanol–water partition coefficient (Wildman–Crippen LogP) is 2.24. The number of halogens is 1. The van der Waals surface area contributed by atoms with Crippen molar-refractivity contribution in [2.24, 2.45) is 5.92 Å². The zero-order valence-corrected chi connectivity index (χ0v) is 11.8. The number of hydrogen-bond acceptors (Lipinski definition) is 3. The highest BCUT2D eigenvalue weighted by Crippen LogP contribution is 2.08. The normalized spacial score (nSPS) is 12.5. The second-order valence-corrected chi connectivity index (χ2v) is 4.94. The average Bonchev–Trinajstić information content (AvgIpc) is 2.28. The van der Waals surface area contributed by atoms with Crippen LogP contribution >= 0.6 is 15.9 Å². The molecule has 5 heteroatoms. The lowest BCUT2D eigenvalue weighted by molar-refractivity contribution is 0.0861. The maximum absolute atomic E-state index is 11.9. The number of methoxy groups -OCH3 is 1. The Bertz CT molecular complexity index is 383. The predicted molar refractivity (Wildman–Crippen MR) is 69.9 cm³/mol. The third-order valence-corrected chi connectivity index (χ3v) is 2.86. The van der Waals surface area contributed by atoms with Gasteiger partial charge in [-0.2, -0.15) is 0 Å². The van der Waals surface area contributed by atoms with E-state index in [1.807, 2.05) is 13.8 Å². The molecule has 0 fully saturated rings. The molecular weight excluding hydrogens is 284 g/mol. The molecule has 1 aromatic heterocycles. The molecule has 0 spiro atoms. The van der Waals surface area contributed by atoms with Crippen LogP contribution in [-0.4, -0.2) is 30.6 Å². The van der Waals surface area contributed by atoms with Gasteiger partial charge in [0.15, 0.2) is 0 Å². The fourth-order valence-corrected chi connectivity index (χ4v) is 1.70. The number of aromatic nitrogens is 1. The van der Waals surface area contributed by atoms with Gasteiger partial charge in [0.1, 0.15) is 10.3 Å². The summed E-state index contributed by atoms with van der Waals surface area (Å²) >= 11 is 3.24. The number of carbonyl (C=O) groups is 1. The highest BCUT2D eigenvalue weighted by Gasteiger charge is 2.17. The van der Waals surface area contributed by atoms with E-state index in [-0.39, 0.29) is 11.9 Å². The van der Waals surface area contributed by atoms with E-state index in [0.29, 0.717) is 22.8 Å². The van der Waals surface area contributed by atoms with E-state index in [0.717, 1.165) is 0 Å². The molecule has 1 atom stereocenters. The number of rotatable bonds is 5. The molecule has 1 N–H and O–H groups in total. The van der Waals surface area contributed by atoms with Crippen molar-refractivity contribution in [1.82, 2.24) is 10.3 Å². The van der Waals surface area contributed by atoms with E-state index in [1.165, 1.54) is 0 Å². The van der Waals surface area contributed by atoms with E-state index in [2.05, 4.69) is 26.2 Å². The third kappa shape index (κ3) is 4.44. The van der Waals surface area contributed by atoms with Crippen molar-refractivity contribution in [3.8, 4) is 0 Å². The Morgan fingerprint density at radius 3 is 2.76 bits per heavy atom. The summed E-state index contributed by atoms with van der Waals surface area (Å²) < 4.78 is 5.73. The Labute approximate surface area is 110 Å². The Morgan fingerprint density at radius 1 is 1.53 bits per heavy atom. The van der Waals surface area contributed by atoms with Gasteiger partial charge in [0.2, 0.25) is 0 Å². The summed E-state index contributed by atoms with van der Waals surface area (Å²) in [6.07, 6.45) is 0. The summed E-state index contributed by atoms with van der Waals surface area (Å²) in [5, 5.41) is 2.91. The number of amides is 1. The Hall–Kier alpha value is -0.940. The average molecular weight is 301 g/mol. The van der Waals surface area contributed by atoms with Crippen LogP contribution in [0.15, 0.2) is 22.8 Å². The van der Waals surface area contributed by atoms with E-state index >= 15 is 0 Å². The summed E-state index contributed by atoms with van der Waals surface area (Å²) in [7, 11) is 1.62. The van der Waals surface area contributed by atoms with Gasteiger partial charge in [-0.25, -0.2) is 4.98 Å². The van der Waals surface area contributed by atoms with Crippen LogP contribution in [0.4, 0.5) is 0 Å². The van der Waals surface area contributed by atoms with Crippen LogP contribution in [0.1, 0.15) is 24.3 Å². The van der Waals surface area contributed by atoms with E-state index in [1.54, 1.807) is 25.3 Å². The number of hydrogen-bond donors (Lipinski definition) is 1. The standard InChI is InChI=1S/C12H17BrN2O2/c1-8(2)10(7-17-3)15-12(16)9-5-4-6-11(13)14-9/h4-6,8,10H,7H2,1-3H3,(H,15,16). The molecule has 0 aliphatic heterocycles. The molecule has 4 nitrogen and oxygen atoms in total. The SMILES string of the molecule is COCC(NC(=O)c1cccc(Br)n1)C(C)C. The van der Waals surface area contributed by atoms with Crippen molar-refractivity contribution in [2.45, 2.75) is 19.9 Å². The van der Waals surface area contributed by atoms with Gasteiger partial charge in [-0.1, -0.05) is 19.9 Å². The number of ether oxygens (including phenoxy) is 1. The first-order valence-corrected chi connectivity index (χ1v) is 6.26. The summed E-state index contributed by atoms with van der Waals surface area (Å²) in [5.74, 6) is 0.133. The molecule has 1 rings (SSSR count). The molecule has 0 saturated heterocycles. The highest BCUT2D eigenvalue weighted by molar-refractivity contribution is 9.10. The first kappa shape index (κ1) is 14.1. The first-order valence-electron chi connectivity index (χ1n) is 5.47. The fourth-order valence-electron chi connectivity index (χ4n) is 1.36.